The predicted molar refractivity (Wildman–Crippen MR) is 112 cm³/mol. The van der Waals surface area contributed by atoms with Crippen molar-refractivity contribution in [1.29, 1.82) is 0 Å². The van der Waals surface area contributed by atoms with Crippen LogP contribution in [-0.2, 0) is 22.6 Å². The van der Waals surface area contributed by atoms with Gasteiger partial charge in [0.2, 0.25) is 0 Å². The number of phenolic OH excluding ortho intramolecular Hbond substituents is 1. The fourth-order valence-electron chi connectivity index (χ4n) is 3.32. The molecule has 2 aromatic carbocycles. The van der Waals surface area contributed by atoms with E-state index in [-0.39, 0.29) is 11.7 Å². The Morgan fingerprint density at radius 1 is 1.14 bits per heavy atom. The monoisotopic (exact) mass is 382 g/mol. The van der Waals surface area contributed by atoms with Gasteiger partial charge in [0.1, 0.15) is 23.7 Å². The molecule has 2 aromatic rings. The van der Waals surface area contributed by atoms with Crippen molar-refractivity contribution >= 4 is 5.97 Å². The number of phenols is 1. The van der Waals surface area contributed by atoms with Crippen LogP contribution in [-0.4, -0.2) is 16.7 Å². The van der Waals surface area contributed by atoms with Gasteiger partial charge in [-0.2, -0.15) is 0 Å². The van der Waals surface area contributed by atoms with E-state index in [4.69, 9.17) is 9.47 Å². The Balaban J connectivity index is 2.30. The van der Waals surface area contributed by atoms with E-state index in [0.717, 1.165) is 33.6 Å². The Labute approximate surface area is 167 Å². The molecule has 28 heavy (non-hydrogen) atoms. The van der Waals surface area contributed by atoms with E-state index in [1.165, 1.54) is 6.92 Å². The molecule has 0 aliphatic heterocycles. The highest BCUT2D eigenvalue weighted by atomic mass is 16.6. The molecule has 150 valence electrons. The third-order valence-electron chi connectivity index (χ3n) is 5.24. The third-order valence-corrected chi connectivity index (χ3v) is 5.24. The molecule has 0 heterocycles. The zero-order valence-corrected chi connectivity index (χ0v) is 17.5. The molecular formula is C24H30O4. The quantitative estimate of drug-likeness (QED) is 0.495. The van der Waals surface area contributed by atoms with Crippen LogP contribution in [0.4, 0.5) is 0 Å². The van der Waals surface area contributed by atoms with Gasteiger partial charge in [0.25, 0.3) is 0 Å². The second kappa shape index (κ2) is 8.96. The summed E-state index contributed by atoms with van der Waals surface area (Å²) in [7, 11) is 0. The fourth-order valence-corrected chi connectivity index (χ4v) is 3.32. The first-order chi connectivity index (χ1) is 13.2. The third kappa shape index (κ3) is 4.94. The molecule has 0 spiro atoms. The number of esters is 1. The van der Waals surface area contributed by atoms with E-state index in [1.54, 1.807) is 6.08 Å². The molecule has 0 unspecified atom stereocenters. The van der Waals surface area contributed by atoms with Gasteiger partial charge in [0.15, 0.2) is 0 Å². The molecule has 1 atom stereocenters. The predicted octanol–water partition coefficient (Wildman–Crippen LogP) is 5.34. The van der Waals surface area contributed by atoms with Crippen molar-refractivity contribution in [2.45, 2.75) is 59.7 Å². The Kier molecular flexibility index (Phi) is 6.90. The largest absolute Gasteiger partial charge is 0.507 e. The van der Waals surface area contributed by atoms with E-state index < -0.39 is 5.60 Å². The van der Waals surface area contributed by atoms with Crippen LogP contribution in [0.3, 0.4) is 0 Å². The highest BCUT2D eigenvalue weighted by molar-refractivity contribution is 5.66. The van der Waals surface area contributed by atoms with Crippen molar-refractivity contribution in [3.05, 3.63) is 70.8 Å². The van der Waals surface area contributed by atoms with E-state index in [2.05, 4.69) is 6.58 Å². The molecule has 0 radical (unpaired) electrons. The summed E-state index contributed by atoms with van der Waals surface area (Å²) in [5, 5.41) is 10.7. The van der Waals surface area contributed by atoms with Crippen molar-refractivity contribution in [2.75, 3.05) is 0 Å². The summed E-state index contributed by atoms with van der Waals surface area (Å²) in [4.78, 5) is 11.4. The zero-order chi connectivity index (χ0) is 20.9. The maximum absolute atomic E-state index is 11.4. The summed E-state index contributed by atoms with van der Waals surface area (Å²) in [6.45, 7) is 13.3. The van der Waals surface area contributed by atoms with Crippen molar-refractivity contribution in [2.24, 2.45) is 0 Å². The van der Waals surface area contributed by atoms with Gasteiger partial charge in [-0.3, -0.25) is 4.79 Å². The molecule has 4 nitrogen and oxygen atoms in total. The summed E-state index contributed by atoms with van der Waals surface area (Å²) in [6, 6.07) is 9.98. The second-order valence-electron chi connectivity index (χ2n) is 7.42. The minimum absolute atomic E-state index is 0.274. The normalized spacial score (nSPS) is 12.9. The van der Waals surface area contributed by atoms with Gasteiger partial charge in [-0.15, -0.1) is 0 Å². The van der Waals surface area contributed by atoms with E-state index >= 15 is 0 Å². The lowest BCUT2D eigenvalue weighted by molar-refractivity contribution is -0.151. The Hall–Kier alpha value is -2.75. The van der Waals surface area contributed by atoms with Crippen LogP contribution < -0.4 is 4.74 Å². The number of carbonyl (C=O) groups is 1. The van der Waals surface area contributed by atoms with Crippen LogP contribution in [0.15, 0.2) is 43.0 Å². The van der Waals surface area contributed by atoms with Gasteiger partial charge in [0, 0.05) is 12.5 Å². The van der Waals surface area contributed by atoms with Crippen LogP contribution in [0.1, 0.15) is 48.1 Å². The molecule has 0 aliphatic rings. The minimum atomic E-state index is -0.783. The van der Waals surface area contributed by atoms with Gasteiger partial charge in [0.05, 0.1) is 0 Å². The number of benzene rings is 2. The van der Waals surface area contributed by atoms with Crippen molar-refractivity contribution in [1.82, 2.24) is 0 Å². The summed E-state index contributed by atoms with van der Waals surface area (Å²) in [5.41, 5.74) is 3.76. The molecule has 0 bridgehead atoms. The van der Waals surface area contributed by atoms with Crippen LogP contribution >= 0.6 is 0 Å². The number of hydrogen-bond acceptors (Lipinski definition) is 4. The minimum Gasteiger partial charge on any atom is -0.507 e. The molecule has 1 N–H and O–H groups in total. The first kappa shape index (κ1) is 21.5. The Morgan fingerprint density at radius 2 is 1.79 bits per heavy atom. The number of aromatic hydroxyl groups is 1. The standard InChI is InChI=1S/C24H30O4/c1-7-24(6,28-19(5)25)14-13-21-18(4)23(17(3)16(2)22(21)26)27-15-20-11-9-8-10-12-20/h7-12,26H,1,13-15H2,2-6H3/t24-/m0/s1. The van der Waals surface area contributed by atoms with Gasteiger partial charge >= 0.3 is 5.97 Å². The van der Waals surface area contributed by atoms with Gasteiger partial charge in [-0.05, 0) is 68.9 Å². The number of rotatable bonds is 8. The summed E-state index contributed by atoms with van der Waals surface area (Å²) in [5.74, 6) is 0.716. The lowest BCUT2D eigenvalue weighted by Crippen LogP contribution is -2.29. The SMILES string of the molecule is C=C[C@@](C)(CCc1c(C)c(OCc2ccccc2)c(C)c(C)c1O)OC(C)=O. The lowest BCUT2D eigenvalue weighted by Gasteiger charge is -2.27. The Bertz CT molecular complexity index is 855. The van der Waals surface area contributed by atoms with Crippen LogP contribution in [0.5, 0.6) is 11.5 Å². The van der Waals surface area contributed by atoms with Crippen molar-refractivity contribution in [3.63, 3.8) is 0 Å². The number of ether oxygens (including phenoxy) is 2. The molecule has 4 heteroatoms. The molecule has 0 amide bonds. The second-order valence-corrected chi connectivity index (χ2v) is 7.42. The first-order valence-electron chi connectivity index (χ1n) is 9.50. The molecule has 0 aliphatic carbocycles. The van der Waals surface area contributed by atoms with Gasteiger partial charge < -0.3 is 14.6 Å². The average molecular weight is 383 g/mol. The van der Waals surface area contributed by atoms with Crippen LogP contribution in [0.25, 0.3) is 0 Å². The molecular weight excluding hydrogens is 352 g/mol. The summed E-state index contributed by atoms with van der Waals surface area (Å²) in [6.07, 6.45) is 2.69. The molecule has 2 rings (SSSR count). The maximum Gasteiger partial charge on any atom is 0.303 e. The number of hydrogen-bond donors (Lipinski definition) is 1. The van der Waals surface area contributed by atoms with E-state index in [9.17, 15) is 9.90 Å². The first-order valence-corrected chi connectivity index (χ1v) is 9.50. The fraction of sp³-hybridized carbons (Fsp3) is 0.375. The van der Waals surface area contributed by atoms with E-state index in [0.29, 0.717) is 19.4 Å². The average Bonchev–Trinajstić information content (AvgIpc) is 2.66. The summed E-state index contributed by atoms with van der Waals surface area (Å²) >= 11 is 0. The van der Waals surface area contributed by atoms with Crippen molar-refractivity contribution in [3.8, 4) is 11.5 Å². The zero-order valence-electron chi connectivity index (χ0n) is 17.5. The van der Waals surface area contributed by atoms with Gasteiger partial charge in [-0.1, -0.05) is 36.9 Å². The molecule has 0 saturated carbocycles. The highest BCUT2D eigenvalue weighted by Crippen LogP contribution is 2.39. The lowest BCUT2D eigenvalue weighted by atomic mass is 9.90. The molecule has 0 aromatic heterocycles. The summed E-state index contributed by atoms with van der Waals surface area (Å²) < 4.78 is 11.5. The maximum atomic E-state index is 11.4. The van der Waals surface area contributed by atoms with Crippen LogP contribution in [0.2, 0.25) is 0 Å². The van der Waals surface area contributed by atoms with Gasteiger partial charge in [-0.25, -0.2) is 0 Å². The highest BCUT2D eigenvalue weighted by Gasteiger charge is 2.26. The Morgan fingerprint density at radius 3 is 2.36 bits per heavy atom. The smallest absolute Gasteiger partial charge is 0.303 e. The topological polar surface area (TPSA) is 55.8 Å². The molecule has 0 saturated heterocycles. The van der Waals surface area contributed by atoms with E-state index in [1.807, 2.05) is 58.0 Å². The number of carbonyl (C=O) groups excluding carboxylic acids is 1. The molecule has 0 fully saturated rings. The van der Waals surface area contributed by atoms with Crippen LogP contribution in [0, 0.1) is 20.8 Å². The van der Waals surface area contributed by atoms with Crippen molar-refractivity contribution < 1.29 is 19.4 Å².